The van der Waals surface area contributed by atoms with Crippen LogP contribution in [0.25, 0.3) is 0 Å². The van der Waals surface area contributed by atoms with Gasteiger partial charge in [0.1, 0.15) is 5.01 Å². The van der Waals surface area contributed by atoms with E-state index in [0.717, 1.165) is 0 Å². The highest BCUT2D eigenvalue weighted by molar-refractivity contribution is 7.11. The average Bonchev–Trinajstić information content (AvgIpc) is 2.73. The summed E-state index contributed by atoms with van der Waals surface area (Å²) in [5.74, 6) is 0.690. The van der Waals surface area contributed by atoms with Crippen LogP contribution in [0.2, 0.25) is 0 Å². The van der Waals surface area contributed by atoms with Crippen molar-refractivity contribution in [2.75, 3.05) is 0 Å². The largest absolute Gasteiger partial charge is 0.303 e. The Kier molecular flexibility index (Phi) is 3.60. The molecule has 1 fully saturated rings. The Labute approximate surface area is 109 Å². The first-order valence-corrected chi connectivity index (χ1v) is 7.49. The summed E-state index contributed by atoms with van der Waals surface area (Å²) < 4.78 is 0. The average molecular weight is 252 g/mol. The first-order chi connectivity index (χ1) is 7.95. The molecule has 0 bridgehead atoms. The monoisotopic (exact) mass is 252 g/mol. The lowest BCUT2D eigenvalue weighted by molar-refractivity contribution is 0.241. The molecule has 0 saturated heterocycles. The van der Waals surface area contributed by atoms with Crippen LogP contribution in [0.4, 0.5) is 0 Å². The van der Waals surface area contributed by atoms with Gasteiger partial charge in [0, 0.05) is 10.9 Å². The van der Waals surface area contributed by atoms with Crippen molar-refractivity contribution in [2.45, 2.75) is 65.5 Å². The zero-order valence-corrected chi connectivity index (χ0v) is 12.4. The van der Waals surface area contributed by atoms with Crippen LogP contribution in [0, 0.1) is 19.8 Å². The quantitative estimate of drug-likeness (QED) is 0.885. The number of thiazole rings is 1. The predicted octanol–water partition coefficient (Wildman–Crippen LogP) is 3.77. The summed E-state index contributed by atoms with van der Waals surface area (Å²) in [5.41, 5.74) is 1.34. The highest BCUT2D eigenvalue weighted by Gasteiger charge is 2.44. The minimum Gasteiger partial charge on any atom is -0.303 e. The van der Waals surface area contributed by atoms with Crippen LogP contribution < -0.4 is 5.32 Å². The van der Waals surface area contributed by atoms with E-state index in [0.29, 0.717) is 12.0 Å². The summed E-state index contributed by atoms with van der Waals surface area (Å²) in [6.07, 6.45) is 3.87. The summed E-state index contributed by atoms with van der Waals surface area (Å²) in [6.45, 7) is 11.1. The van der Waals surface area contributed by atoms with Gasteiger partial charge in [-0.15, -0.1) is 11.3 Å². The van der Waals surface area contributed by atoms with E-state index >= 15 is 0 Å². The van der Waals surface area contributed by atoms with Gasteiger partial charge in [-0.25, -0.2) is 4.98 Å². The maximum Gasteiger partial charge on any atom is 0.114 e. The number of aryl methyl sites for hydroxylation is 2. The Morgan fingerprint density at radius 3 is 2.53 bits per heavy atom. The molecule has 3 heteroatoms. The fourth-order valence-electron chi connectivity index (χ4n) is 2.95. The molecule has 0 aromatic carbocycles. The molecule has 2 nitrogen and oxygen atoms in total. The van der Waals surface area contributed by atoms with Crippen molar-refractivity contribution in [3.05, 3.63) is 15.6 Å². The van der Waals surface area contributed by atoms with Gasteiger partial charge in [-0.3, -0.25) is 0 Å². The second kappa shape index (κ2) is 4.69. The summed E-state index contributed by atoms with van der Waals surface area (Å²) in [5, 5.41) is 5.12. The maximum absolute atomic E-state index is 4.82. The van der Waals surface area contributed by atoms with Crippen molar-refractivity contribution < 1.29 is 0 Å². The van der Waals surface area contributed by atoms with Gasteiger partial charge >= 0.3 is 0 Å². The zero-order valence-electron chi connectivity index (χ0n) is 11.6. The van der Waals surface area contributed by atoms with Crippen LogP contribution in [0.1, 0.15) is 55.6 Å². The van der Waals surface area contributed by atoms with Crippen molar-refractivity contribution in [2.24, 2.45) is 5.92 Å². The molecule has 0 radical (unpaired) electrons. The van der Waals surface area contributed by atoms with Crippen molar-refractivity contribution in [3.63, 3.8) is 0 Å². The van der Waals surface area contributed by atoms with Gasteiger partial charge in [0.05, 0.1) is 11.2 Å². The molecule has 1 aliphatic rings. The molecule has 0 amide bonds. The number of hydrogen-bond donors (Lipinski definition) is 1. The molecule has 96 valence electrons. The van der Waals surface area contributed by atoms with Crippen LogP contribution >= 0.6 is 11.3 Å². The number of nitrogens with one attached hydrogen (secondary N) is 1. The van der Waals surface area contributed by atoms with Gasteiger partial charge in [-0.2, -0.15) is 0 Å². The molecule has 2 unspecified atom stereocenters. The molecule has 2 atom stereocenters. The van der Waals surface area contributed by atoms with Gasteiger partial charge < -0.3 is 5.32 Å². The summed E-state index contributed by atoms with van der Waals surface area (Å²) in [6, 6.07) is 0.514. The minimum atomic E-state index is 0.137. The van der Waals surface area contributed by atoms with Crippen LogP contribution in [0.5, 0.6) is 0 Å². The third kappa shape index (κ3) is 2.27. The lowest BCUT2D eigenvalue weighted by Gasteiger charge is -2.35. The molecule has 17 heavy (non-hydrogen) atoms. The Balaban J connectivity index is 2.39. The Hall–Kier alpha value is -0.410. The minimum absolute atomic E-state index is 0.137. The van der Waals surface area contributed by atoms with Crippen molar-refractivity contribution in [3.8, 4) is 0 Å². The first-order valence-electron chi connectivity index (χ1n) is 6.68. The third-order valence-corrected chi connectivity index (χ3v) is 5.26. The lowest BCUT2D eigenvalue weighted by Crippen LogP contribution is -2.47. The Morgan fingerprint density at radius 2 is 2.12 bits per heavy atom. The lowest BCUT2D eigenvalue weighted by atomic mass is 9.88. The topological polar surface area (TPSA) is 24.9 Å². The smallest absolute Gasteiger partial charge is 0.114 e. The standard InChI is InChI=1S/C14H24N2S/c1-9(2)16-14(8-6-7-10(14)3)13-15-11(4)12(5)17-13/h9-10,16H,6-8H2,1-5H3. The number of rotatable bonds is 3. The van der Waals surface area contributed by atoms with Crippen molar-refractivity contribution >= 4 is 11.3 Å². The molecule has 1 aliphatic carbocycles. The van der Waals surface area contributed by atoms with Crippen LogP contribution in [-0.2, 0) is 5.54 Å². The molecule has 1 heterocycles. The van der Waals surface area contributed by atoms with Crippen LogP contribution in [0.3, 0.4) is 0 Å². The maximum atomic E-state index is 4.82. The van der Waals surface area contributed by atoms with Crippen LogP contribution in [-0.4, -0.2) is 11.0 Å². The summed E-state index contributed by atoms with van der Waals surface area (Å²) in [4.78, 5) is 6.19. The summed E-state index contributed by atoms with van der Waals surface area (Å²) in [7, 11) is 0. The number of nitrogens with zero attached hydrogens (tertiary/aromatic N) is 1. The second-order valence-electron chi connectivity index (χ2n) is 5.72. The second-order valence-corrected chi connectivity index (χ2v) is 6.93. The fourth-order valence-corrected chi connectivity index (χ4v) is 4.16. The number of aromatic nitrogens is 1. The molecule has 1 N–H and O–H groups in total. The molecular formula is C14H24N2S. The van der Waals surface area contributed by atoms with E-state index in [-0.39, 0.29) is 5.54 Å². The SMILES string of the molecule is Cc1nc(C2(NC(C)C)CCCC2C)sc1C. The normalized spacial score (nSPS) is 29.2. The highest BCUT2D eigenvalue weighted by Crippen LogP contribution is 2.45. The molecule has 0 aliphatic heterocycles. The first kappa shape index (κ1) is 13.0. The van der Waals surface area contributed by atoms with Crippen LogP contribution in [0.15, 0.2) is 0 Å². The molecular weight excluding hydrogens is 228 g/mol. The van der Waals surface area contributed by atoms with E-state index in [2.05, 4.69) is 39.9 Å². The predicted molar refractivity (Wildman–Crippen MR) is 74.6 cm³/mol. The molecule has 0 spiro atoms. The molecule has 1 saturated carbocycles. The van der Waals surface area contributed by atoms with Gasteiger partial charge in [0.15, 0.2) is 0 Å². The Morgan fingerprint density at radius 1 is 1.41 bits per heavy atom. The fraction of sp³-hybridized carbons (Fsp3) is 0.786. The van der Waals surface area contributed by atoms with E-state index in [1.165, 1.54) is 34.8 Å². The van der Waals surface area contributed by atoms with Gasteiger partial charge in [0.2, 0.25) is 0 Å². The molecule has 2 rings (SSSR count). The molecule has 1 aromatic rings. The molecule has 1 aromatic heterocycles. The van der Waals surface area contributed by atoms with E-state index in [9.17, 15) is 0 Å². The van der Waals surface area contributed by atoms with Gasteiger partial charge in [-0.1, -0.05) is 13.3 Å². The number of hydrogen-bond acceptors (Lipinski definition) is 3. The van der Waals surface area contributed by atoms with Gasteiger partial charge in [0.25, 0.3) is 0 Å². The Bertz CT molecular complexity index is 377. The van der Waals surface area contributed by atoms with Gasteiger partial charge in [-0.05, 0) is 46.5 Å². The van der Waals surface area contributed by atoms with Crippen molar-refractivity contribution in [1.82, 2.24) is 10.3 Å². The highest BCUT2D eigenvalue weighted by atomic mass is 32.1. The van der Waals surface area contributed by atoms with E-state index in [1.807, 2.05) is 11.3 Å². The third-order valence-electron chi connectivity index (χ3n) is 4.01. The summed E-state index contributed by atoms with van der Waals surface area (Å²) >= 11 is 1.88. The van der Waals surface area contributed by atoms with Crippen molar-refractivity contribution in [1.29, 1.82) is 0 Å². The van der Waals surface area contributed by atoms with E-state index in [4.69, 9.17) is 4.98 Å². The zero-order chi connectivity index (χ0) is 12.6. The van der Waals surface area contributed by atoms with E-state index < -0.39 is 0 Å². The van der Waals surface area contributed by atoms with E-state index in [1.54, 1.807) is 0 Å².